The molecule has 220 valence electrons. The summed E-state index contributed by atoms with van der Waals surface area (Å²) in [5.41, 5.74) is 0.505. The molecule has 0 fully saturated rings. The fraction of sp³-hybridized carbons (Fsp3) is 0.310. The van der Waals surface area contributed by atoms with Crippen molar-refractivity contribution in [2.75, 3.05) is 17.4 Å². The molecule has 0 aliphatic rings. The summed E-state index contributed by atoms with van der Waals surface area (Å²) < 4.78 is 42.4. The van der Waals surface area contributed by atoms with Crippen molar-refractivity contribution in [1.29, 1.82) is 0 Å². The quantitative estimate of drug-likeness (QED) is 0.210. The number of halogens is 4. The Balaban J connectivity index is 2.07. The Labute approximate surface area is 255 Å². The Kier molecular flexibility index (Phi) is 11.8. The molecule has 0 spiro atoms. The molecule has 0 radical (unpaired) electrons. The minimum absolute atomic E-state index is 0.0153. The van der Waals surface area contributed by atoms with E-state index in [2.05, 4.69) is 5.32 Å². The summed E-state index contributed by atoms with van der Waals surface area (Å²) in [6.07, 6.45) is 1.88. The first-order chi connectivity index (χ1) is 19.5. The van der Waals surface area contributed by atoms with E-state index < -0.39 is 34.3 Å². The fourth-order valence-corrected chi connectivity index (χ4v) is 6.22. The molecule has 3 rings (SSSR count). The van der Waals surface area contributed by atoms with Gasteiger partial charge in [0.1, 0.15) is 18.4 Å². The van der Waals surface area contributed by atoms with Gasteiger partial charge in [-0.05, 0) is 60.9 Å². The van der Waals surface area contributed by atoms with Crippen molar-refractivity contribution in [3.05, 3.63) is 93.2 Å². The highest BCUT2D eigenvalue weighted by atomic mass is 35.5. The number of rotatable bonds is 13. The molecule has 12 heteroatoms. The maximum atomic E-state index is 14.0. The molecule has 1 N–H and O–H groups in total. The summed E-state index contributed by atoms with van der Waals surface area (Å²) >= 11 is 18.5. The molecule has 0 saturated heterocycles. The van der Waals surface area contributed by atoms with Crippen molar-refractivity contribution < 1.29 is 22.4 Å². The first-order valence-electron chi connectivity index (χ1n) is 13.0. The van der Waals surface area contributed by atoms with Gasteiger partial charge in [0.15, 0.2) is 0 Å². The summed E-state index contributed by atoms with van der Waals surface area (Å²) in [6.45, 7) is 3.40. The van der Waals surface area contributed by atoms with Crippen LogP contribution in [0.2, 0.25) is 15.1 Å². The minimum Gasteiger partial charge on any atom is -0.354 e. The van der Waals surface area contributed by atoms with E-state index in [0.717, 1.165) is 29.3 Å². The molecule has 0 heterocycles. The molecule has 1 unspecified atom stereocenters. The number of carbonyl (C=O) groups excluding carboxylic acids is 2. The number of nitrogens with zero attached hydrogens (tertiary/aromatic N) is 2. The Morgan fingerprint density at radius 1 is 0.951 bits per heavy atom. The third-order valence-corrected chi connectivity index (χ3v) is 9.04. The molecular formula is C29H31Cl3FN3O4S. The Hall–Kier alpha value is -2.85. The van der Waals surface area contributed by atoms with E-state index in [1.807, 2.05) is 6.92 Å². The SMILES string of the molecule is CCCCNC(=O)C(CC)N(Cc1ccc(Cl)cc1Cl)C(=O)CN(c1ccc(F)c(Cl)c1)S(=O)(=O)c1ccccc1. The van der Waals surface area contributed by atoms with Crippen molar-refractivity contribution in [2.24, 2.45) is 0 Å². The number of anilines is 1. The smallest absolute Gasteiger partial charge is 0.264 e. The second-order valence-corrected chi connectivity index (χ2v) is 12.4. The third-order valence-electron chi connectivity index (χ3n) is 6.37. The van der Waals surface area contributed by atoms with Gasteiger partial charge in [-0.3, -0.25) is 13.9 Å². The standard InChI is InChI=1S/C29H31Cl3FN3O4S/c1-3-5-15-34-29(38)27(4-2)35(18-20-11-12-21(30)16-24(20)31)28(37)19-36(22-13-14-26(33)25(32)17-22)41(39,40)23-9-7-6-8-10-23/h6-14,16-17,27H,3-5,15,18-19H2,1-2H3,(H,34,38). The first kappa shape index (κ1) is 32.7. The molecular weight excluding hydrogens is 612 g/mol. The molecule has 7 nitrogen and oxygen atoms in total. The van der Waals surface area contributed by atoms with E-state index in [0.29, 0.717) is 17.1 Å². The zero-order valence-corrected chi connectivity index (χ0v) is 25.7. The van der Waals surface area contributed by atoms with E-state index in [1.54, 1.807) is 37.3 Å². The van der Waals surface area contributed by atoms with E-state index in [4.69, 9.17) is 34.8 Å². The lowest BCUT2D eigenvalue weighted by Gasteiger charge is -2.33. The average molecular weight is 643 g/mol. The summed E-state index contributed by atoms with van der Waals surface area (Å²) in [5, 5.41) is 3.23. The second-order valence-electron chi connectivity index (χ2n) is 9.25. The normalized spacial score (nSPS) is 12.0. The highest BCUT2D eigenvalue weighted by Crippen LogP contribution is 2.29. The second kappa shape index (κ2) is 14.9. The summed E-state index contributed by atoms with van der Waals surface area (Å²) in [6, 6.07) is 14.8. The minimum atomic E-state index is -4.31. The van der Waals surface area contributed by atoms with Gasteiger partial charge >= 0.3 is 0 Å². The predicted molar refractivity (Wildman–Crippen MR) is 161 cm³/mol. The lowest BCUT2D eigenvalue weighted by atomic mass is 10.1. The molecule has 3 aromatic carbocycles. The maximum absolute atomic E-state index is 14.0. The maximum Gasteiger partial charge on any atom is 0.264 e. The van der Waals surface area contributed by atoms with Gasteiger partial charge in [-0.25, -0.2) is 12.8 Å². The lowest BCUT2D eigenvalue weighted by Crippen LogP contribution is -2.52. The largest absolute Gasteiger partial charge is 0.354 e. The van der Waals surface area contributed by atoms with Crippen molar-refractivity contribution in [1.82, 2.24) is 10.2 Å². The van der Waals surface area contributed by atoms with Crippen molar-refractivity contribution in [3.63, 3.8) is 0 Å². The zero-order valence-electron chi connectivity index (χ0n) is 22.6. The van der Waals surface area contributed by atoms with Gasteiger partial charge in [-0.15, -0.1) is 0 Å². The van der Waals surface area contributed by atoms with Gasteiger partial charge in [0.25, 0.3) is 10.0 Å². The number of hydrogen-bond donors (Lipinski definition) is 1. The molecule has 41 heavy (non-hydrogen) atoms. The van der Waals surface area contributed by atoms with E-state index in [1.165, 1.54) is 29.2 Å². The molecule has 0 bridgehead atoms. The van der Waals surface area contributed by atoms with Crippen LogP contribution in [0.4, 0.5) is 10.1 Å². The molecule has 0 aromatic heterocycles. The highest BCUT2D eigenvalue weighted by molar-refractivity contribution is 7.92. The predicted octanol–water partition coefficient (Wildman–Crippen LogP) is 6.70. The summed E-state index contributed by atoms with van der Waals surface area (Å²) in [4.78, 5) is 28.5. The number of unbranched alkanes of at least 4 members (excludes halogenated alkanes) is 1. The van der Waals surface area contributed by atoms with Gasteiger partial charge in [-0.2, -0.15) is 0 Å². The van der Waals surface area contributed by atoms with Crippen LogP contribution < -0.4 is 9.62 Å². The van der Waals surface area contributed by atoms with E-state index in [-0.39, 0.29) is 39.5 Å². The number of carbonyl (C=O) groups is 2. The number of nitrogens with one attached hydrogen (secondary N) is 1. The van der Waals surface area contributed by atoms with Crippen LogP contribution in [0, 0.1) is 5.82 Å². The van der Waals surface area contributed by atoms with Crippen LogP contribution in [0.15, 0.2) is 71.6 Å². The average Bonchev–Trinajstić information content (AvgIpc) is 2.94. The fourth-order valence-electron chi connectivity index (χ4n) is 4.15. The van der Waals surface area contributed by atoms with Crippen molar-refractivity contribution >= 4 is 62.3 Å². The molecule has 2 amide bonds. The van der Waals surface area contributed by atoms with Gasteiger partial charge < -0.3 is 10.2 Å². The van der Waals surface area contributed by atoms with Crippen LogP contribution in [0.25, 0.3) is 0 Å². The van der Waals surface area contributed by atoms with Crippen LogP contribution in [0.3, 0.4) is 0 Å². The zero-order chi connectivity index (χ0) is 30.2. The van der Waals surface area contributed by atoms with Crippen molar-refractivity contribution in [2.45, 2.75) is 50.6 Å². The monoisotopic (exact) mass is 641 g/mol. The first-order valence-corrected chi connectivity index (χ1v) is 15.6. The van der Waals surface area contributed by atoms with Gasteiger partial charge in [0.2, 0.25) is 11.8 Å². The highest BCUT2D eigenvalue weighted by Gasteiger charge is 2.34. The van der Waals surface area contributed by atoms with Crippen molar-refractivity contribution in [3.8, 4) is 0 Å². The van der Waals surface area contributed by atoms with Gasteiger partial charge in [0.05, 0.1) is 15.6 Å². The van der Waals surface area contributed by atoms with Crippen LogP contribution in [0.1, 0.15) is 38.7 Å². The number of hydrogen-bond acceptors (Lipinski definition) is 4. The van der Waals surface area contributed by atoms with Crippen LogP contribution in [0.5, 0.6) is 0 Å². The molecule has 0 saturated carbocycles. The number of amides is 2. The Morgan fingerprint density at radius 3 is 2.27 bits per heavy atom. The molecule has 0 aliphatic carbocycles. The summed E-state index contributed by atoms with van der Waals surface area (Å²) in [7, 11) is -4.31. The number of sulfonamides is 1. The summed E-state index contributed by atoms with van der Waals surface area (Å²) in [5.74, 6) is -1.79. The van der Waals surface area contributed by atoms with Gasteiger partial charge in [-0.1, -0.05) is 79.3 Å². The van der Waals surface area contributed by atoms with E-state index >= 15 is 0 Å². The van der Waals surface area contributed by atoms with Crippen LogP contribution in [-0.4, -0.2) is 44.3 Å². The number of benzene rings is 3. The third kappa shape index (κ3) is 8.35. The Morgan fingerprint density at radius 2 is 1.66 bits per heavy atom. The molecule has 0 aliphatic heterocycles. The van der Waals surface area contributed by atoms with Crippen LogP contribution in [-0.2, 0) is 26.2 Å². The van der Waals surface area contributed by atoms with E-state index in [9.17, 15) is 22.4 Å². The lowest BCUT2D eigenvalue weighted by molar-refractivity contribution is -0.140. The molecule has 3 aromatic rings. The molecule has 1 atom stereocenters. The topological polar surface area (TPSA) is 86.8 Å². The Bertz CT molecular complexity index is 1480. The van der Waals surface area contributed by atoms with Gasteiger partial charge in [0, 0.05) is 23.1 Å². The van der Waals surface area contributed by atoms with Crippen LogP contribution >= 0.6 is 34.8 Å².